The molecule has 0 aromatic rings. The Morgan fingerprint density at radius 1 is 0.875 bits per heavy atom. The first-order valence-corrected chi connectivity index (χ1v) is 12.4. The standard InChI is InChI=1S/C24H47N4O2.2ClH/c1-5-6-7-8-9-10-11-18-28(3,4)24(19-25-2,20-26-16-12-14-22(26)29)21-27-17-13-15-23(27)30;;/h25H,5-21H2,1-4H3;2*1H/q+1;;/p-1. The van der Waals surface area contributed by atoms with Crippen LogP contribution < -0.4 is 17.7 Å². The maximum atomic E-state index is 12.5. The van der Waals surface area contributed by atoms with Gasteiger partial charge in [-0.25, -0.2) is 0 Å². The predicted octanol–water partition coefficient (Wildman–Crippen LogP) is 0.442. The predicted molar refractivity (Wildman–Crippen MR) is 131 cm³/mol. The van der Waals surface area contributed by atoms with Crippen molar-refractivity contribution < 1.29 is 26.5 Å². The van der Waals surface area contributed by atoms with Crippen molar-refractivity contribution in [2.45, 2.75) is 83.1 Å². The first kappa shape index (κ1) is 31.4. The van der Waals surface area contributed by atoms with Crippen molar-refractivity contribution in [2.75, 3.05) is 60.4 Å². The van der Waals surface area contributed by atoms with E-state index in [4.69, 9.17) is 0 Å². The van der Waals surface area contributed by atoms with Crippen LogP contribution in [0.5, 0.6) is 0 Å². The third-order valence-corrected chi connectivity index (χ3v) is 7.42. The average molecular weight is 496 g/mol. The number of amides is 2. The van der Waals surface area contributed by atoms with E-state index in [1.165, 1.54) is 44.9 Å². The molecule has 0 bridgehead atoms. The molecule has 0 aromatic carbocycles. The van der Waals surface area contributed by atoms with Crippen LogP contribution in [0.25, 0.3) is 0 Å². The van der Waals surface area contributed by atoms with Gasteiger partial charge in [-0.05, 0) is 32.7 Å². The van der Waals surface area contributed by atoms with Crippen molar-refractivity contribution >= 4 is 24.2 Å². The van der Waals surface area contributed by atoms with Crippen molar-refractivity contribution in [3.63, 3.8) is 0 Å². The van der Waals surface area contributed by atoms with Crippen LogP contribution in [0.4, 0.5) is 0 Å². The summed E-state index contributed by atoms with van der Waals surface area (Å²) in [6.45, 7) is 7.34. The van der Waals surface area contributed by atoms with Crippen LogP contribution in [-0.2, 0) is 9.59 Å². The van der Waals surface area contributed by atoms with Crippen molar-refractivity contribution in [1.29, 1.82) is 0 Å². The summed E-state index contributed by atoms with van der Waals surface area (Å²) in [5, 5.41) is 3.43. The van der Waals surface area contributed by atoms with Gasteiger partial charge in [0.15, 0.2) is 0 Å². The summed E-state index contributed by atoms with van der Waals surface area (Å²) in [6, 6.07) is 0. The summed E-state index contributed by atoms with van der Waals surface area (Å²) in [5.74, 6) is 0.554. The molecule has 2 heterocycles. The van der Waals surface area contributed by atoms with Gasteiger partial charge in [-0.1, -0.05) is 39.0 Å². The Hall–Kier alpha value is -0.560. The minimum atomic E-state index is -0.184. The molecule has 0 aromatic heterocycles. The van der Waals surface area contributed by atoms with Gasteiger partial charge in [-0.15, -0.1) is 12.4 Å². The largest absolute Gasteiger partial charge is 1.00 e. The van der Waals surface area contributed by atoms with Crippen molar-refractivity contribution in [3.8, 4) is 0 Å². The minimum absolute atomic E-state index is 0. The van der Waals surface area contributed by atoms with Crippen molar-refractivity contribution in [2.24, 2.45) is 0 Å². The fraction of sp³-hybridized carbons (Fsp3) is 0.917. The number of nitrogens with zero attached hydrogens (tertiary/aromatic N) is 3. The van der Waals surface area contributed by atoms with E-state index in [-0.39, 0.29) is 42.2 Å². The SMILES string of the molecule is CCCCCCCCC[N+](C)(C)C(CNC)(CN1CCCC1=O)CN1CCCC1=O.Cl.[Cl-]. The van der Waals surface area contributed by atoms with Crippen LogP contribution >= 0.6 is 12.4 Å². The van der Waals surface area contributed by atoms with Gasteiger partial charge in [-0.3, -0.25) is 9.59 Å². The van der Waals surface area contributed by atoms with E-state index in [0.717, 1.165) is 56.6 Å². The Labute approximate surface area is 209 Å². The third-order valence-electron chi connectivity index (χ3n) is 7.42. The number of likely N-dealkylation sites (N-methyl/N-ethyl adjacent to an activating group) is 2. The summed E-state index contributed by atoms with van der Waals surface area (Å²) in [7, 11) is 6.63. The normalized spacial score (nSPS) is 17.0. The minimum Gasteiger partial charge on any atom is -1.00 e. The Morgan fingerprint density at radius 2 is 1.34 bits per heavy atom. The van der Waals surface area contributed by atoms with Gasteiger partial charge in [-0.2, -0.15) is 0 Å². The molecular weight excluding hydrogens is 447 g/mol. The highest BCUT2D eigenvalue weighted by Gasteiger charge is 2.49. The number of hydrogen-bond acceptors (Lipinski definition) is 3. The number of nitrogens with one attached hydrogen (secondary N) is 1. The molecule has 2 rings (SSSR count). The van der Waals surface area contributed by atoms with E-state index < -0.39 is 0 Å². The van der Waals surface area contributed by atoms with Gasteiger partial charge < -0.3 is 32.0 Å². The zero-order valence-electron chi connectivity index (χ0n) is 21.0. The molecular formula is C24H48Cl2N4O2. The fourth-order valence-electron chi connectivity index (χ4n) is 5.24. The number of likely N-dealkylation sites (tertiary alicyclic amines) is 2. The zero-order chi connectivity index (χ0) is 22.0. The van der Waals surface area contributed by atoms with Crippen LogP contribution in [0.2, 0.25) is 0 Å². The number of quaternary nitrogens is 1. The summed E-state index contributed by atoms with van der Waals surface area (Å²) in [5.41, 5.74) is -0.184. The molecule has 190 valence electrons. The molecule has 2 amide bonds. The summed E-state index contributed by atoms with van der Waals surface area (Å²) in [4.78, 5) is 29.1. The van der Waals surface area contributed by atoms with Crippen molar-refractivity contribution in [3.05, 3.63) is 0 Å². The molecule has 2 aliphatic rings. The Kier molecular flexibility index (Phi) is 15.1. The molecule has 32 heavy (non-hydrogen) atoms. The maximum Gasteiger partial charge on any atom is 0.222 e. The average Bonchev–Trinajstić information content (AvgIpc) is 3.29. The molecule has 0 aliphatic carbocycles. The van der Waals surface area contributed by atoms with E-state index in [1.54, 1.807) is 0 Å². The first-order valence-electron chi connectivity index (χ1n) is 12.4. The van der Waals surface area contributed by atoms with Gasteiger partial charge >= 0.3 is 0 Å². The second kappa shape index (κ2) is 15.4. The second-order valence-electron chi connectivity index (χ2n) is 10.1. The van der Waals surface area contributed by atoms with Gasteiger partial charge in [0.2, 0.25) is 11.8 Å². The first-order chi connectivity index (χ1) is 14.3. The summed E-state index contributed by atoms with van der Waals surface area (Å²) in [6.07, 6.45) is 12.4. The topological polar surface area (TPSA) is 52.7 Å². The number of rotatable bonds is 15. The van der Waals surface area contributed by atoms with E-state index in [9.17, 15) is 9.59 Å². The highest BCUT2D eigenvalue weighted by Crippen LogP contribution is 2.29. The molecule has 2 aliphatic heterocycles. The highest BCUT2D eigenvalue weighted by molar-refractivity contribution is 5.85. The lowest BCUT2D eigenvalue weighted by atomic mass is 9.91. The van der Waals surface area contributed by atoms with Gasteiger partial charge in [0.05, 0.1) is 40.3 Å². The quantitative estimate of drug-likeness (QED) is 0.265. The molecule has 2 fully saturated rings. The lowest BCUT2D eigenvalue weighted by molar-refractivity contribution is -0.939. The van der Waals surface area contributed by atoms with Crippen LogP contribution in [0, 0.1) is 0 Å². The third kappa shape index (κ3) is 8.66. The molecule has 0 atom stereocenters. The van der Waals surface area contributed by atoms with Gasteiger partial charge in [0.25, 0.3) is 0 Å². The van der Waals surface area contributed by atoms with E-state index >= 15 is 0 Å². The van der Waals surface area contributed by atoms with E-state index in [0.29, 0.717) is 12.8 Å². The number of halogens is 2. The molecule has 0 spiro atoms. The molecule has 0 saturated carbocycles. The Balaban J connectivity index is 0.00000480. The summed E-state index contributed by atoms with van der Waals surface area (Å²) < 4.78 is 0.844. The van der Waals surface area contributed by atoms with Crippen molar-refractivity contribution in [1.82, 2.24) is 15.1 Å². The molecule has 6 nitrogen and oxygen atoms in total. The number of unbranched alkanes of at least 4 members (excludes halogenated alkanes) is 6. The molecule has 0 radical (unpaired) electrons. The van der Waals surface area contributed by atoms with Crippen LogP contribution in [-0.4, -0.2) is 92.0 Å². The smallest absolute Gasteiger partial charge is 0.222 e. The summed E-state index contributed by atoms with van der Waals surface area (Å²) >= 11 is 0. The molecule has 1 N–H and O–H groups in total. The molecule has 0 unspecified atom stereocenters. The highest BCUT2D eigenvalue weighted by atomic mass is 35.5. The molecule has 8 heteroatoms. The lowest BCUT2D eigenvalue weighted by Gasteiger charge is -2.51. The monoisotopic (exact) mass is 494 g/mol. The Bertz CT molecular complexity index is 532. The van der Waals surface area contributed by atoms with Crippen LogP contribution in [0.1, 0.15) is 77.6 Å². The number of carbonyl (C=O) groups excluding carboxylic acids is 2. The van der Waals surface area contributed by atoms with Gasteiger partial charge in [0.1, 0.15) is 5.54 Å². The maximum absolute atomic E-state index is 12.5. The molecule has 2 saturated heterocycles. The van der Waals surface area contributed by atoms with Gasteiger partial charge in [0, 0.05) is 25.9 Å². The van der Waals surface area contributed by atoms with Crippen LogP contribution in [0.15, 0.2) is 0 Å². The second-order valence-corrected chi connectivity index (χ2v) is 10.1. The number of carbonyl (C=O) groups is 2. The zero-order valence-corrected chi connectivity index (χ0v) is 22.5. The lowest BCUT2D eigenvalue weighted by Crippen LogP contribution is -3.00. The van der Waals surface area contributed by atoms with E-state index in [2.05, 4.69) is 36.1 Å². The van der Waals surface area contributed by atoms with Crippen LogP contribution in [0.3, 0.4) is 0 Å². The number of hydrogen-bond donors (Lipinski definition) is 1. The fourth-order valence-corrected chi connectivity index (χ4v) is 5.24. The Morgan fingerprint density at radius 3 is 1.75 bits per heavy atom. The van der Waals surface area contributed by atoms with E-state index in [1.807, 2.05) is 7.05 Å².